The molecule has 0 radical (unpaired) electrons. The highest BCUT2D eigenvalue weighted by Gasteiger charge is 2.25. The van der Waals surface area contributed by atoms with E-state index in [2.05, 4.69) is 20.9 Å². The van der Waals surface area contributed by atoms with Crippen molar-refractivity contribution >= 4 is 55.9 Å². The van der Waals surface area contributed by atoms with E-state index in [1.807, 2.05) is 32.0 Å². The summed E-state index contributed by atoms with van der Waals surface area (Å²) in [6.45, 7) is 3.73. The molecule has 0 saturated carbocycles. The van der Waals surface area contributed by atoms with Crippen molar-refractivity contribution in [2.24, 2.45) is 5.92 Å². The first-order chi connectivity index (χ1) is 12.9. The number of thiazole rings is 1. The maximum Gasteiger partial charge on any atom is 0.319 e. The van der Waals surface area contributed by atoms with Crippen LogP contribution in [-0.2, 0) is 4.79 Å². The van der Waals surface area contributed by atoms with E-state index >= 15 is 0 Å². The van der Waals surface area contributed by atoms with Crippen LogP contribution in [0.1, 0.15) is 13.8 Å². The smallest absolute Gasteiger partial charge is 0.319 e. The number of benzene rings is 2. The Morgan fingerprint density at radius 1 is 1.07 bits per heavy atom. The summed E-state index contributed by atoms with van der Waals surface area (Å²) in [6, 6.07) is 13.3. The Morgan fingerprint density at radius 3 is 2.52 bits per heavy atom. The van der Waals surface area contributed by atoms with E-state index < -0.39 is 12.1 Å². The first-order valence-corrected chi connectivity index (χ1v) is 9.61. The standard InChI is InChI=1S/C19H19ClN4O2S/c1-11(2)16(23-18(26)21-13-6-4-3-5-7-13)17(25)24-19-22-14-9-8-12(20)10-15(14)27-19/h3-11,16H,1-2H3,(H2,21,23,26)(H,22,24,25)/t16-/m1/s1. The fourth-order valence-corrected chi connectivity index (χ4v) is 3.64. The Kier molecular flexibility index (Phi) is 5.93. The number of para-hydroxylation sites is 1. The Hall–Kier alpha value is -2.64. The average Bonchev–Trinajstić information content (AvgIpc) is 3.01. The lowest BCUT2D eigenvalue weighted by Crippen LogP contribution is -2.48. The third kappa shape index (κ3) is 4.96. The number of carbonyl (C=O) groups is 2. The van der Waals surface area contributed by atoms with Gasteiger partial charge in [-0.2, -0.15) is 0 Å². The van der Waals surface area contributed by atoms with Crippen LogP contribution in [0, 0.1) is 5.92 Å². The van der Waals surface area contributed by atoms with Crippen LogP contribution in [0.15, 0.2) is 48.5 Å². The SMILES string of the molecule is CC(C)[C@@H](NC(=O)Nc1ccccc1)C(=O)Nc1nc2ccc(Cl)cc2s1. The van der Waals surface area contributed by atoms with Crippen LogP contribution in [-0.4, -0.2) is 23.0 Å². The Morgan fingerprint density at radius 2 is 1.81 bits per heavy atom. The second-order valence-electron chi connectivity index (χ2n) is 6.31. The van der Waals surface area contributed by atoms with E-state index in [0.717, 1.165) is 10.2 Å². The maximum absolute atomic E-state index is 12.7. The number of fused-ring (bicyclic) bond motifs is 1. The summed E-state index contributed by atoms with van der Waals surface area (Å²) < 4.78 is 0.883. The minimum Gasteiger partial charge on any atom is -0.326 e. The lowest BCUT2D eigenvalue weighted by molar-refractivity contribution is -0.118. The van der Waals surface area contributed by atoms with Gasteiger partial charge in [-0.05, 0) is 36.2 Å². The van der Waals surface area contributed by atoms with Crippen molar-refractivity contribution in [1.29, 1.82) is 0 Å². The molecule has 8 heteroatoms. The minimum atomic E-state index is -0.704. The molecule has 0 aliphatic heterocycles. The van der Waals surface area contributed by atoms with E-state index in [4.69, 9.17) is 11.6 Å². The number of nitrogens with zero attached hydrogens (tertiary/aromatic N) is 1. The summed E-state index contributed by atoms with van der Waals surface area (Å²) in [5.41, 5.74) is 1.41. The topological polar surface area (TPSA) is 83.1 Å². The predicted octanol–water partition coefficient (Wildman–Crippen LogP) is 4.73. The number of aromatic nitrogens is 1. The van der Waals surface area contributed by atoms with Crippen molar-refractivity contribution in [3.63, 3.8) is 0 Å². The van der Waals surface area contributed by atoms with Crippen LogP contribution in [0.5, 0.6) is 0 Å². The summed E-state index contributed by atoms with van der Waals surface area (Å²) >= 11 is 7.32. The van der Waals surface area contributed by atoms with Gasteiger partial charge in [0.2, 0.25) is 5.91 Å². The van der Waals surface area contributed by atoms with Crippen molar-refractivity contribution in [2.75, 3.05) is 10.6 Å². The highest BCUT2D eigenvalue weighted by molar-refractivity contribution is 7.22. The molecular formula is C19H19ClN4O2S. The molecule has 1 heterocycles. The highest BCUT2D eigenvalue weighted by atomic mass is 35.5. The number of rotatable bonds is 5. The van der Waals surface area contributed by atoms with Gasteiger partial charge in [-0.25, -0.2) is 9.78 Å². The minimum absolute atomic E-state index is 0.102. The molecule has 0 fully saturated rings. The first kappa shape index (κ1) is 19.1. The lowest BCUT2D eigenvalue weighted by atomic mass is 10.0. The van der Waals surface area contributed by atoms with Crippen molar-refractivity contribution in [2.45, 2.75) is 19.9 Å². The molecule has 1 aromatic heterocycles. The zero-order valence-corrected chi connectivity index (χ0v) is 16.4. The second-order valence-corrected chi connectivity index (χ2v) is 7.77. The van der Waals surface area contributed by atoms with Crippen LogP contribution >= 0.6 is 22.9 Å². The van der Waals surface area contributed by atoms with Gasteiger partial charge in [0.25, 0.3) is 0 Å². The Bertz CT molecular complexity index is 959. The third-order valence-electron chi connectivity index (χ3n) is 3.85. The number of amides is 3. The lowest BCUT2D eigenvalue weighted by Gasteiger charge is -2.21. The van der Waals surface area contributed by atoms with E-state index in [0.29, 0.717) is 15.8 Å². The van der Waals surface area contributed by atoms with Crippen molar-refractivity contribution < 1.29 is 9.59 Å². The molecule has 3 rings (SSSR count). The average molecular weight is 403 g/mol. The molecule has 0 saturated heterocycles. The van der Waals surface area contributed by atoms with Gasteiger partial charge < -0.3 is 16.0 Å². The molecule has 3 amide bonds. The molecule has 0 aliphatic carbocycles. The number of carbonyl (C=O) groups excluding carboxylic acids is 2. The van der Waals surface area contributed by atoms with Gasteiger partial charge in [-0.1, -0.05) is 55.0 Å². The second kappa shape index (κ2) is 8.37. The number of urea groups is 1. The summed E-state index contributed by atoms with van der Waals surface area (Å²) in [4.78, 5) is 29.3. The molecule has 0 aliphatic rings. The quantitative estimate of drug-likeness (QED) is 0.576. The van der Waals surface area contributed by atoms with Gasteiger partial charge in [0, 0.05) is 10.7 Å². The largest absolute Gasteiger partial charge is 0.326 e. The summed E-state index contributed by atoms with van der Waals surface area (Å²) in [5.74, 6) is -0.422. The normalized spacial score (nSPS) is 12.0. The molecular weight excluding hydrogens is 384 g/mol. The zero-order chi connectivity index (χ0) is 19.4. The van der Waals surface area contributed by atoms with E-state index in [1.54, 1.807) is 30.3 Å². The zero-order valence-electron chi connectivity index (χ0n) is 14.8. The van der Waals surface area contributed by atoms with Gasteiger partial charge >= 0.3 is 6.03 Å². The highest BCUT2D eigenvalue weighted by Crippen LogP contribution is 2.28. The number of hydrogen-bond acceptors (Lipinski definition) is 4. The molecule has 3 aromatic rings. The molecule has 0 bridgehead atoms. The molecule has 6 nitrogen and oxygen atoms in total. The van der Waals surface area contributed by atoms with Crippen molar-refractivity contribution in [1.82, 2.24) is 10.3 Å². The molecule has 2 aromatic carbocycles. The van der Waals surface area contributed by atoms with Crippen molar-refractivity contribution in [3.8, 4) is 0 Å². The van der Waals surface area contributed by atoms with Gasteiger partial charge in [-0.15, -0.1) is 0 Å². The number of nitrogens with one attached hydrogen (secondary N) is 3. The molecule has 0 unspecified atom stereocenters. The van der Waals surface area contributed by atoms with Gasteiger partial charge in [0.15, 0.2) is 5.13 Å². The van der Waals surface area contributed by atoms with Gasteiger partial charge in [-0.3, -0.25) is 4.79 Å². The van der Waals surface area contributed by atoms with Crippen molar-refractivity contribution in [3.05, 3.63) is 53.6 Å². The van der Waals surface area contributed by atoms with Crippen LogP contribution in [0.2, 0.25) is 5.02 Å². The van der Waals surface area contributed by atoms with Gasteiger partial charge in [0.05, 0.1) is 10.2 Å². The molecule has 27 heavy (non-hydrogen) atoms. The first-order valence-electron chi connectivity index (χ1n) is 8.42. The Balaban J connectivity index is 1.68. The fourth-order valence-electron chi connectivity index (χ4n) is 2.50. The molecule has 140 valence electrons. The molecule has 3 N–H and O–H groups in total. The fraction of sp³-hybridized carbons (Fsp3) is 0.211. The predicted molar refractivity (Wildman–Crippen MR) is 110 cm³/mol. The van der Waals surface area contributed by atoms with E-state index in [-0.39, 0.29) is 11.8 Å². The summed E-state index contributed by atoms with van der Waals surface area (Å²) in [6.07, 6.45) is 0. The molecule has 0 spiro atoms. The van der Waals surface area contributed by atoms with Crippen LogP contribution in [0.25, 0.3) is 10.2 Å². The number of hydrogen-bond donors (Lipinski definition) is 3. The van der Waals surface area contributed by atoms with Crippen LogP contribution < -0.4 is 16.0 Å². The maximum atomic E-state index is 12.7. The van der Waals surface area contributed by atoms with Crippen LogP contribution in [0.4, 0.5) is 15.6 Å². The monoisotopic (exact) mass is 402 g/mol. The van der Waals surface area contributed by atoms with E-state index in [1.165, 1.54) is 11.3 Å². The van der Waals surface area contributed by atoms with E-state index in [9.17, 15) is 9.59 Å². The van der Waals surface area contributed by atoms with Gasteiger partial charge in [0.1, 0.15) is 6.04 Å². The molecule has 1 atom stereocenters. The summed E-state index contributed by atoms with van der Waals surface area (Å²) in [5, 5.41) is 9.30. The van der Waals surface area contributed by atoms with Crippen LogP contribution in [0.3, 0.4) is 0 Å². The Labute approximate surface area is 165 Å². The number of halogens is 1. The third-order valence-corrected chi connectivity index (χ3v) is 5.02. The summed E-state index contributed by atoms with van der Waals surface area (Å²) in [7, 11) is 0. The number of anilines is 2.